The van der Waals surface area contributed by atoms with Crippen LogP contribution in [0, 0.1) is 5.92 Å². The molecular formula is C11H16O4. The van der Waals surface area contributed by atoms with E-state index in [0.717, 1.165) is 12.8 Å². The largest absolute Gasteiger partial charge is 0.475 e. The van der Waals surface area contributed by atoms with Crippen LogP contribution < -0.4 is 0 Å². The fourth-order valence-electron chi connectivity index (χ4n) is 2.04. The van der Waals surface area contributed by atoms with E-state index in [1.54, 1.807) is 0 Å². The van der Waals surface area contributed by atoms with Gasteiger partial charge in [-0.05, 0) is 12.3 Å². The molecule has 15 heavy (non-hydrogen) atoms. The van der Waals surface area contributed by atoms with Crippen molar-refractivity contribution in [1.29, 1.82) is 0 Å². The van der Waals surface area contributed by atoms with Gasteiger partial charge in [0.25, 0.3) is 0 Å². The number of rotatable bonds is 5. The van der Waals surface area contributed by atoms with Gasteiger partial charge in [0.2, 0.25) is 5.78 Å². The summed E-state index contributed by atoms with van der Waals surface area (Å²) < 4.78 is 0. The fourth-order valence-corrected chi connectivity index (χ4v) is 2.04. The van der Waals surface area contributed by atoms with E-state index in [1.807, 2.05) is 0 Å². The van der Waals surface area contributed by atoms with Crippen molar-refractivity contribution in [3.05, 3.63) is 0 Å². The van der Waals surface area contributed by atoms with Crippen LogP contribution in [0.25, 0.3) is 0 Å². The third-order valence-corrected chi connectivity index (χ3v) is 2.95. The number of carbonyl (C=O) groups excluding carboxylic acids is 2. The number of Topliss-reactive ketones (excluding diaryl/α,β-unsaturated/α-hetero) is 2. The van der Waals surface area contributed by atoms with Crippen LogP contribution in [-0.4, -0.2) is 22.6 Å². The third-order valence-electron chi connectivity index (χ3n) is 2.95. The van der Waals surface area contributed by atoms with Crippen molar-refractivity contribution in [2.75, 3.05) is 0 Å². The van der Waals surface area contributed by atoms with Gasteiger partial charge in [-0.25, -0.2) is 4.79 Å². The van der Waals surface area contributed by atoms with Gasteiger partial charge < -0.3 is 5.11 Å². The summed E-state index contributed by atoms with van der Waals surface area (Å²) in [5.41, 5.74) is 0. The van der Waals surface area contributed by atoms with Gasteiger partial charge in [0.1, 0.15) is 0 Å². The molecule has 0 aromatic heterocycles. The molecule has 4 nitrogen and oxygen atoms in total. The highest BCUT2D eigenvalue weighted by Crippen LogP contribution is 2.27. The summed E-state index contributed by atoms with van der Waals surface area (Å²) in [6.07, 6.45) is 6.59. The molecule has 1 saturated carbocycles. The first kappa shape index (κ1) is 11.9. The summed E-state index contributed by atoms with van der Waals surface area (Å²) in [6, 6.07) is 0. The smallest absolute Gasteiger partial charge is 0.380 e. The lowest BCUT2D eigenvalue weighted by Crippen LogP contribution is -2.23. The maximum absolute atomic E-state index is 11.1. The lowest BCUT2D eigenvalue weighted by atomic mass is 9.85. The van der Waals surface area contributed by atoms with Crippen molar-refractivity contribution in [2.45, 2.75) is 44.9 Å². The van der Waals surface area contributed by atoms with Crippen LogP contribution in [0.3, 0.4) is 0 Å². The second-order valence-corrected chi connectivity index (χ2v) is 4.10. The van der Waals surface area contributed by atoms with Crippen molar-refractivity contribution in [1.82, 2.24) is 0 Å². The summed E-state index contributed by atoms with van der Waals surface area (Å²) in [5.74, 6) is -3.16. The molecule has 0 aromatic rings. The summed E-state index contributed by atoms with van der Waals surface area (Å²) >= 11 is 0. The zero-order valence-corrected chi connectivity index (χ0v) is 8.70. The molecule has 1 N–H and O–H groups in total. The van der Waals surface area contributed by atoms with Crippen LogP contribution >= 0.6 is 0 Å². The highest BCUT2D eigenvalue weighted by atomic mass is 16.4. The molecule has 0 spiro atoms. The standard InChI is InChI=1S/C11H16O4/c12-9(10(13)11(14)15)7-6-8-4-2-1-3-5-8/h8H,1-7H2,(H,14,15). The minimum absolute atomic E-state index is 0.0931. The Hall–Kier alpha value is -1.19. The number of hydrogen-bond acceptors (Lipinski definition) is 3. The third kappa shape index (κ3) is 3.81. The molecule has 0 radical (unpaired) electrons. The van der Waals surface area contributed by atoms with E-state index in [1.165, 1.54) is 19.3 Å². The van der Waals surface area contributed by atoms with E-state index >= 15 is 0 Å². The predicted octanol–water partition coefficient (Wildman–Crippen LogP) is 1.57. The minimum Gasteiger partial charge on any atom is -0.475 e. The Kier molecular flexibility index (Phi) is 4.46. The Morgan fingerprint density at radius 1 is 1.07 bits per heavy atom. The van der Waals surface area contributed by atoms with Crippen molar-refractivity contribution >= 4 is 17.5 Å². The minimum atomic E-state index is -1.64. The SMILES string of the molecule is O=C(O)C(=O)C(=O)CCC1CCCCC1. The van der Waals surface area contributed by atoms with E-state index in [0.29, 0.717) is 12.3 Å². The molecule has 84 valence electrons. The zero-order chi connectivity index (χ0) is 11.3. The highest BCUT2D eigenvalue weighted by molar-refractivity contribution is 6.61. The number of carboxylic acids is 1. The van der Waals surface area contributed by atoms with Gasteiger partial charge in [-0.15, -0.1) is 0 Å². The lowest BCUT2D eigenvalue weighted by molar-refractivity contribution is -0.153. The molecule has 4 heteroatoms. The molecule has 0 aliphatic heterocycles. The van der Waals surface area contributed by atoms with Gasteiger partial charge in [0.05, 0.1) is 0 Å². The molecule has 1 fully saturated rings. The molecule has 0 unspecified atom stereocenters. The quantitative estimate of drug-likeness (QED) is 0.554. The second kappa shape index (κ2) is 5.63. The second-order valence-electron chi connectivity index (χ2n) is 4.10. The molecule has 1 aliphatic carbocycles. The maximum Gasteiger partial charge on any atom is 0.380 e. The summed E-state index contributed by atoms with van der Waals surface area (Å²) in [6.45, 7) is 0. The number of carbonyl (C=O) groups is 3. The summed E-state index contributed by atoms with van der Waals surface area (Å²) in [7, 11) is 0. The average molecular weight is 212 g/mol. The van der Waals surface area contributed by atoms with Crippen LogP contribution in [-0.2, 0) is 14.4 Å². The van der Waals surface area contributed by atoms with Crippen molar-refractivity contribution < 1.29 is 19.5 Å². The number of hydrogen-bond donors (Lipinski definition) is 1. The van der Waals surface area contributed by atoms with Gasteiger partial charge in [0.15, 0.2) is 0 Å². The molecule has 0 bridgehead atoms. The summed E-state index contributed by atoms with van der Waals surface area (Å²) in [5, 5.41) is 8.32. The van der Waals surface area contributed by atoms with Gasteiger partial charge in [0, 0.05) is 6.42 Å². The predicted molar refractivity (Wildman–Crippen MR) is 53.5 cm³/mol. The topological polar surface area (TPSA) is 71.4 Å². The molecular weight excluding hydrogens is 196 g/mol. The van der Waals surface area contributed by atoms with Crippen LogP contribution in [0.15, 0.2) is 0 Å². The van der Waals surface area contributed by atoms with Gasteiger partial charge in [-0.2, -0.15) is 0 Å². The number of ketones is 2. The number of aliphatic carboxylic acids is 1. The molecule has 0 aromatic carbocycles. The Bertz CT molecular complexity index is 264. The van der Waals surface area contributed by atoms with Gasteiger partial charge in [-0.1, -0.05) is 32.1 Å². The molecule has 0 saturated heterocycles. The first-order valence-corrected chi connectivity index (χ1v) is 5.41. The molecule has 1 rings (SSSR count). The summed E-state index contributed by atoms with van der Waals surface area (Å²) in [4.78, 5) is 32.1. The molecule has 1 aliphatic rings. The Labute approximate surface area is 88.7 Å². The normalized spacial score (nSPS) is 17.3. The zero-order valence-electron chi connectivity index (χ0n) is 8.70. The first-order chi connectivity index (χ1) is 7.11. The fraction of sp³-hybridized carbons (Fsp3) is 0.727. The van der Waals surface area contributed by atoms with Crippen LogP contribution in [0.1, 0.15) is 44.9 Å². The van der Waals surface area contributed by atoms with Crippen LogP contribution in [0.5, 0.6) is 0 Å². The highest BCUT2D eigenvalue weighted by Gasteiger charge is 2.23. The Balaban J connectivity index is 2.26. The van der Waals surface area contributed by atoms with Crippen LogP contribution in [0.4, 0.5) is 0 Å². The molecule has 0 atom stereocenters. The number of carboxylic acid groups (broad SMARTS) is 1. The van der Waals surface area contributed by atoms with Crippen LogP contribution in [0.2, 0.25) is 0 Å². The van der Waals surface area contributed by atoms with Gasteiger partial charge >= 0.3 is 11.8 Å². The van der Waals surface area contributed by atoms with Crippen molar-refractivity contribution in [3.63, 3.8) is 0 Å². The van der Waals surface area contributed by atoms with Crippen molar-refractivity contribution in [3.8, 4) is 0 Å². The average Bonchev–Trinajstić information content (AvgIpc) is 2.26. The van der Waals surface area contributed by atoms with E-state index in [4.69, 9.17) is 5.11 Å². The Morgan fingerprint density at radius 3 is 2.20 bits per heavy atom. The van der Waals surface area contributed by atoms with Crippen molar-refractivity contribution in [2.24, 2.45) is 5.92 Å². The van der Waals surface area contributed by atoms with Gasteiger partial charge in [-0.3, -0.25) is 9.59 Å². The van der Waals surface area contributed by atoms with E-state index in [-0.39, 0.29) is 6.42 Å². The lowest BCUT2D eigenvalue weighted by Gasteiger charge is -2.20. The molecule has 0 heterocycles. The monoisotopic (exact) mass is 212 g/mol. The van der Waals surface area contributed by atoms with E-state index in [2.05, 4.69) is 0 Å². The Morgan fingerprint density at radius 2 is 1.67 bits per heavy atom. The van der Waals surface area contributed by atoms with E-state index < -0.39 is 17.5 Å². The van der Waals surface area contributed by atoms with E-state index in [9.17, 15) is 14.4 Å². The maximum atomic E-state index is 11.1. The molecule has 0 amide bonds. The first-order valence-electron chi connectivity index (χ1n) is 5.41.